The maximum Gasteiger partial charge on any atom is 0.0840 e. The van der Waals surface area contributed by atoms with Crippen LogP contribution in [0.4, 0.5) is 0 Å². The first kappa shape index (κ1) is 16.3. The summed E-state index contributed by atoms with van der Waals surface area (Å²) in [7, 11) is 0. The van der Waals surface area contributed by atoms with E-state index in [1.54, 1.807) is 11.3 Å². The molecule has 3 heterocycles. The van der Waals surface area contributed by atoms with E-state index in [9.17, 15) is 0 Å². The smallest absolute Gasteiger partial charge is 0.0840 e. The van der Waals surface area contributed by atoms with Crippen LogP contribution in [-0.2, 0) is 22.6 Å². The third kappa shape index (κ3) is 3.89. The van der Waals surface area contributed by atoms with Crippen LogP contribution < -0.4 is 0 Å². The van der Waals surface area contributed by atoms with Crippen LogP contribution in [0.25, 0.3) is 0 Å². The number of ether oxygens (including phenoxy) is 2. The number of nitrogens with zero attached hydrogens (tertiary/aromatic N) is 1. The number of benzene rings is 1. The van der Waals surface area contributed by atoms with Gasteiger partial charge in [-0.25, -0.2) is 0 Å². The molecular weight excluding hydrogens is 318 g/mol. The highest BCUT2D eigenvalue weighted by Crippen LogP contribution is 2.37. The van der Waals surface area contributed by atoms with Crippen molar-refractivity contribution in [2.45, 2.75) is 44.1 Å². The average Bonchev–Trinajstić information content (AvgIpc) is 3.27. The molecule has 1 aromatic carbocycles. The second-order valence-corrected chi connectivity index (χ2v) is 7.80. The molecule has 2 aromatic rings. The van der Waals surface area contributed by atoms with Crippen LogP contribution in [0.15, 0.2) is 47.2 Å². The molecule has 4 heteroatoms. The van der Waals surface area contributed by atoms with Crippen molar-refractivity contribution in [3.05, 3.63) is 58.3 Å². The van der Waals surface area contributed by atoms with Crippen LogP contribution in [0.2, 0.25) is 0 Å². The molecular formula is C20H25NO2S. The topological polar surface area (TPSA) is 21.7 Å². The molecule has 2 aliphatic heterocycles. The van der Waals surface area contributed by atoms with Gasteiger partial charge in [0.15, 0.2) is 0 Å². The Morgan fingerprint density at radius 3 is 2.71 bits per heavy atom. The third-order valence-electron chi connectivity index (χ3n) is 5.26. The molecule has 0 bridgehead atoms. The van der Waals surface area contributed by atoms with Crippen LogP contribution >= 0.6 is 11.3 Å². The van der Waals surface area contributed by atoms with Crippen LogP contribution in [0, 0.1) is 0 Å². The molecule has 0 amide bonds. The Kier molecular flexibility index (Phi) is 4.99. The molecule has 0 saturated carbocycles. The largest absolute Gasteiger partial charge is 0.372 e. The second-order valence-electron chi connectivity index (χ2n) is 7.02. The molecule has 2 aliphatic rings. The fraction of sp³-hybridized carbons (Fsp3) is 0.500. The van der Waals surface area contributed by atoms with Crippen LogP contribution in [0.1, 0.15) is 30.4 Å². The Morgan fingerprint density at radius 1 is 1.12 bits per heavy atom. The van der Waals surface area contributed by atoms with Crippen molar-refractivity contribution in [3.63, 3.8) is 0 Å². The van der Waals surface area contributed by atoms with Crippen molar-refractivity contribution >= 4 is 11.3 Å². The number of thiophene rings is 1. The standard InChI is InChI=1S/C20H25NO2S/c1-2-4-17(5-3-1)14-22-19-12-20(23-15-19)7-9-21(10-8-20)13-18-6-11-24-16-18/h1-6,11,16,19H,7-10,12-15H2/t19-/m1/s1. The van der Waals surface area contributed by atoms with Gasteiger partial charge in [-0.05, 0) is 40.8 Å². The Morgan fingerprint density at radius 2 is 1.96 bits per heavy atom. The lowest BCUT2D eigenvalue weighted by molar-refractivity contribution is -0.0468. The van der Waals surface area contributed by atoms with E-state index >= 15 is 0 Å². The normalized spacial score (nSPS) is 23.8. The summed E-state index contributed by atoms with van der Waals surface area (Å²) in [5.41, 5.74) is 2.74. The van der Waals surface area contributed by atoms with E-state index in [1.165, 1.54) is 11.1 Å². The minimum atomic E-state index is 0.0620. The SMILES string of the molecule is c1ccc(CO[C@H]2COC3(CCN(Cc4ccsc4)CC3)C2)cc1. The number of hydrogen-bond acceptors (Lipinski definition) is 4. The van der Waals surface area contributed by atoms with Gasteiger partial charge in [-0.3, -0.25) is 4.90 Å². The zero-order valence-corrected chi connectivity index (χ0v) is 14.8. The highest BCUT2D eigenvalue weighted by Gasteiger charge is 2.43. The van der Waals surface area contributed by atoms with E-state index in [0.717, 1.165) is 45.5 Å². The van der Waals surface area contributed by atoms with Crippen LogP contribution in [-0.4, -0.2) is 36.3 Å². The van der Waals surface area contributed by atoms with Crippen LogP contribution in [0.3, 0.4) is 0 Å². The fourth-order valence-electron chi connectivity index (χ4n) is 3.81. The highest BCUT2D eigenvalue weighted by molar-refractivity contribution is 7.07. The summed E-state index contributed by atoms with van der Waals surface area (Å²) in [5.74, 6) is 0. The zero-order chi connectivity index (χ0) is 16.2. The van der Waals surface area contributed by atoms with Gasteiger partial charge in [-0.1, -0.05) is 30.3 Å². The molecule has 4 rings (SSSR count). The van der Waals surface area contributed by atoms with Crippen molar-refractivity contribution in [2.24, 2.45) is 0 Å². The maximum absolute atomic E-state index is 6.22. The molecule has 2 saturated heterocycles. The summed E-state index contributed by atoms with van der Waals surface area (Å²) < 4.78 is 12.3. The van der Waals surface area contributed by atoms with Gasteiger partial charge in [0.2, 0.25) is 0 Å². The predicted octanol–water partition coefficient (Wildman–Crippen LogP) is 4.09. The first-order chi connectivity index (χ1) is 11.8. The molecule has 3 nitrogen and oxygen atoms in total. The zero-order valence-electron chi connectivity index (χ0n) is 14.0. The van der Waals surface area contributed by atoms with Crippen molar-refractivity contribution in [1.29, 1.82) is 0 Å². The molecule has 128 valence electrons. The molecule has 1 aromatic heterocycles. The van der Waals surface area contributed by atoms with Crippen molar-refractivity contribution in [2.75, 3.05) is 19.7 Å². The van der Waals surface area contributed by atoms with Gasteiger partial charge in [0.25, 0.3) is 0 Å². The number of piperidine rings is 1. The molecule has 2 fully saturated rings. The highest BCUT2D eigenvalue weighted by atomic mass is 32.1. The van der Waals surface area contributed by atoms with E-state index in [0.29, 0.717) is 6.61 Å². The van der Waals surface area contributed by atoms with Gasteiger partial charge in [0.1, 0.15) is 0 Å². The summed E-state index contributed by atoms with van der Waals surface area (Å²) in [6.07, 6.45) is 3.55. The molecule has 1 atom stereocenters. The maximum atomic E-state index is 6.22. The van der Waals surface area contributed by atoms with E-state index in [4.69, 9.17) is 9.47 Å². The van der Waals surface area contributed by atoms with Crippen molar-refractivity contribution in [3.8, 4) is 0 Å². The lowest BCUT2D eigenvalue weighted by Crippen LogP contribution is -2.43. The third-order valence-corrected chi connectivity index (χ3v) is 5.99. The Balaban J connectivity index is 1.24. The fourth-order valence-corrected chi connectivity index (χ4v) is 4.47. The quantitative estimate of drug-likeness (QED) is 0.816. The molecule has 0 N–H and O–H groups in total. The van der Waals surface area contributed by atoms with Gasteiger partial charge in [-0.15, -0.1) is 0 Å². The average molecular weight is 343 g/mol. The van der Waals surface area contributed by atoms with Gasteiger partial charge < -0.3 is 9.47 Å². The number of hydrogen-bond donors (Lipinski definition) is 0. The van der Waals surface area contributed by atoms with Gasteiger partial charge in [0, 0.05) is 26.1 Å². The lowest BCUT2D eigenvalue weighted by Gasteiger charge is -2.38. The molecule has 0 radical (unpaired) electrons. The predicted molar refractivity (Wildman–Crippen MR) is 97.1 cm³/mol. The first-order valence-corrected chi connectivity index (χ1v) is 9.79. The molecule has 0 aliphatic carbocycles. The summed E-state index contributed by atoms with van der Waals surface area (Å²) in [6.45, 7) is 4.77. The minimum absolute atomic E-state index is 0.0620. The summed E-state index contributed by atoms with van der Waals surface area (Å²) in [5, 5.41) is 4.42. The van der Waals surface area contributed by atoms with Gasteiger partial charge in [-0.2, -0.15) is 11.3 Å². The summed E-state index contributed by atoms with van der Waals surface area (Å²) >= 11 is 1.78. The Bertz CT molecular complexity index is 620. The van der Waals surface area contributed by atoms with Crippen molar-refractivity contribution < 1.29 is 9.47 Å². The minimum Gasteiger partial charge on any atom is -0.372 e. The number of rotatable bonds is 5. The monoisotopic (exact) mass is 343 g/mol. The van der Waals surface area contributed by atoms with E-state index in [2.05, 4.69) is 46.0 Å². The number of likely N-dealkylation sites (tertiary alicyclic amines) is 1. The van der Waals surface area contributed by atoms with Crippen LogP contribution in [0.5, 0.6) is 0 Å². The van der Waals surface area contributed by atoms with Gasteiger partial charge in [0.05, 0.1) is 24.9 Å². The lowest BCUT2D eigenvalue weighted by atomic mass is 9.88. The van der Waals surface area contributed by atoms with E-state index < -0.39 is 0 Å². The van der Waals surface area contributed by atoms with E-state index in [-0.39, 0.29) is 11.7 Å². The Hall–Kier alpha value is -1.20. The molecule has 1 spiro atoms. The first-order valence-electron chi connectivity index (χ1n) is 8.84. The summed E-state index contributed by atoms with van der Waals surface area (Å²) in [4.78, 5) is 2.55. The Labute approximate surface area is 148 Å². The summed E-state index contributed by atoms with van der Waals surface area (Å²) in [6, 6.07) is 12.6. The van der Waals surface area contributed by atoms with E-state index in [1.807, 2.05) is 6.07 Å². The molecule has 24 heavy (non-hydrogen) atoms. The van der Waals surface area contributed by atoms with Crippen molar-refractivity contribution in [1.82, 2.24) is 4.90 Å². The molecule has 0 unspecified atom stereocenters. The second kappa shape index (κ2) is 7.36. The van der Waals surface area contributed by atoms with Gasteiger partial charge >= 0.3 is 0 Å².